The second-order valence-corrected chi connectivity index (χ2v) is 6.75. The highest BCUT2D eigenvalue weighted by Gasteiger charge is 2.33. The first kappa shape index (κ1) is 17.5. The SMILES string of the molecule is COc1cccc2cc([C@@H]3CC(c4ccccc4)=NN3C(C)=O)c(Cl)nc12. The first-order valence-corrected chi connectivity index (χ1v) is 9.02. The predicted octanol–water partition coefficient (Wildman–Crippen LogP) is 4.59. The molecule has 0 fully saturated rings. The minimum Gasteiger partial charge on any atom is -0.494 e. The van der Waals surface area contributed by atoms with Crippen LogP contribution in [-0.4, -0.2) is 28.7 Å². The Kier molecular flexibility index (Phi) is 4.54. The zero-order valence-corrected chi connectivity index (χ0v) is 15.8. The van der Waals surface area contributed by atoms with E-state index in [1.165, 1.54) is 11.9 Å². The Hall–Kier alpha value is -2.92. The molecule has 0 saturated carbocycles. The number of hydrazone groups is 1. The average molecular weight is 380 g/mol. The van der Waals surface area contributed by atoms with Gasteiger partial charge in [0.25, 0.3) is 0 Å². The van der Waals surface area contributed by atoms with Crippen molar-refractivity contribution in [3.63, 3.8) is 0 Å². The molecule has 0 saturated heterocycles. The van der Waals surface area contributed by atoms with Gasteiger partial charge in [-0.15, -0.1) is 0 Å². The van der Waals surface area contributed by atoms with Gasteiger partial charge >= 0.3 is 0 Å². The molecule has 1 aliphatic heterocycles. The number of amides is 1. The normalized spacial score (nSPS) is 16.5. The molecule has 27 heavy (non-hydrogen) atoms. The molecule has 4 rings (SSSR count). The number of ether oxygens (including phenoxy) is 1. The summed E-state index contributed by atoms with van der Waals surface area (Å²) in [4.78, 5) is 16.8. The highest BCUT2D eigenvalue weighted by molar-refractivity contribution is 6.30. The van der Waals surface area contributed by atoms with E-state index in [-0.39, 0.29) is 11.9 Å². The van der Waals surface area contributed by atoms with Crippen molar-refractivity contribution < 1.29 is 9.53 Å². The van der Waals surface area contributed by atoms with Gasteiger partial charge in [0.2, 0.25) is 5.91 Å². The van der Waals surface area contributed by atoms with Gasteiger partial charge in [-0.3, -0.25) is 4.79 Å². The number of hydrogen-bond donors (Lipinski definition) is 0. The van der Waals surface area contributed by atoms with Crippen LogP contribution >= 0.6 is 11.6 Å². The number of nitrogens with zero attached hydrogens (tertiary/aromatic N) is 3. The first-order chi connectivity index (χ1) is 13.1. The molecule has 1 atom stereocenters. The Morgan fingerprint density at radius 1 is 1.19 bits per heavy atom. The van der Waals surface area contributed by atoms with E-state index in [0.29, 0.717) is 22.8 Å². The summed E-state index contributed by atoms with van der Waals surface area (Å²) in [6.45, 7) is 1.51. The summed E-state index contributed by atoms with van der Waals surface area (Å²) >= 11 is 6.52. The molecule has 0 radical (unpaired) electrons. The molecule has 0 unspecified atom stereocenters. The monoisotopic (exact) mass is 379 g/mol. The van der Waals surface area contributed by atoms with Crippen LogP contribution in [0, 0.1) is 0 Å². The number of methoxy groups -OCH3 is 1. The molecule has 0 spiro atoms. The van der Waals surface area contributed by atoms with Crippen molar-refractivity contribution in [3.05, 3.63) is 70.9 Å². The van der Waals surface area contributed by atoms with Crippen LogP contribution in [0.3, 0.4) is 0 Å². The molecular weight excluding hydrogens is 362 g/mol. The van der Waals surface area contributed by atoms with Crippen LogP contribution in [0.2, 0.25) is 5.15 Å². The van der Waals surface area contributed by atoms with Gasteiger partial charge in [0, 0.05) is 24.3 Å². The Bertz CT molecular complexity index is 1050. The molecule has 3 aromatic rings. The lowest BCUT2D eigenvalue weighted by atomic mass is 9.98. The van der Waals surface area contributed by atoms with E-state index >= 15 is 0 Å². The maximum atomic E-state index is 12.2. The highest BCUT2D eigenvalue weighted by Crippen LogP contribution is 2.38. The number of rotatable bonds is 3. The first-order valence-electron chi connectivity index (χ1n) is 8.64. The van der Waals surface area contributed by atoms with Crippen LogP contribution in [0.5, 0.6) is 5.75 Å². The molecule has 0 N–H and O–H groups in total. The summed E-state index contributed by atoms with van der Waals surface area (Å²) in [5.74, 6) is 0.532. The fourth-order valence-electron chi connectivity index (χ4n) is 3.41. The lowest BCUT2D eigenvalue weighted by Gasteiger charge is -2.21. The van der Waals surface area contributed by atoms with Crippen molar-refractivity contribution in [1.29, 1.82) is 0 Å². The van der Waals surface area contributed by atoms with E-state index in [9.17, 15) is 4.79 Å². The van der Waals surface area contributed by atoms with Crippen molar-refractivity contribution in [3.8, 4) is 5.75 Å². The van der Waals surface area contributed by atoms with Crippen molar-refractivity contribution in [2.24, 2.45) is 5.10 Å². The summed E-state index contributed by atoms with van der Waals surface area (Å²) < 4.78 is 5.37. The maximum Gasteiger partial charge on any atom is 0.240 e. The quantitative estimate of drug-likeness (QED) is 0.625. The lowest BCUT2D eigenvalue weighted by molar-refractivity contribution is -0.130. The molecule has 1 aliphatic rings. The molecule has 2 aromatic carbocycles. The van der Waals surface area contributed by atoms with E-state index in [2.05, 4.69) is 10.1 Å². The molecule has 5 nitrogen and oxygen atoms in total. The standard InChI is InChI=1S/C21H18ClN3O2/c1-13(26)25-18(12-17(24-25)14-7-4-3-5-8-14)16-11-15-9-6-10-19(27-2)20(15)23-21(16)22/h3-11,18H,12H2,1-2H3/t18-/m0/s1. The van der Waals surface area contributed by atoms with E-state index in [1.54, 1.807) is 7.11 Å². The average Bonchev–Trinajstić information content (AvgIpc) is 3.13. The molecule has 136 valence electrons. The highest BCUT2D eigenvalue weighted by atomic mass is 35.5. The minimum atomic E-state index is -0.284. The van der Waals surface area contributed by atoms with E-state index < -0.39 is 0 Å². The Morgan fingerprint density at radius 3 is 2.67 bits per heavy atom. The number of fused-ring (bicyclic) bond motifs is 1. The number of carbonyl (C=O) groups excluding carboxylic acids is 1. The molecular formula is C21H18ClN3O2. The van der Waals surface area contributed by atoms with Gasteiger partial charge in [0.15, 0.2) is 0 Å². The van der Waals surface area contributed by atoms with Crippen LogP contribution in [0.25, 0.3) is 10.9 Å². The summed E-state index contributed by atoms with van der Waals surface area (Å²) in [6, 6.07) is 17.2. The molecule has 1 amide bonds. The molecule has 6 heteroatoms. The maximum absolute atomic E-state index is 12.2. The van der Waals surface area contributed by atoms with Crippen LogP contribution < -0.4 is 4.74 Å². The lowest BCUT2D eigenvalue weighted by Crippen LogP contribution is -2.24. The second kappa shape index (κ2) is 7.00. The third-order valence-corrected chi connectivity index (χ3v) is 5.01. The fraction of sp³-hybridized carbons (Fsp3) is 0.190. The van der Waals surface area contributed by atoms with Gasteiger partial charge in [-0.25, -0.2) is 9.99 Å². The van der Waals surface area contributed by atoms with Gasteiger partial charge in [-0.05, 0) is 17.7 Å². The molecule has 0 aliphatic carbocycles. The van der Waals surface area contributed by atoms with Gasteiger partial charge < -0.3 is 4.74 Å². The minimum absolute atomic E-state index is 0.132. The van der Waals surface area contributed by atoms with E-state index in [1.807, 2.05) is 54.6 Å². The molecule has 2 heterocycles. The molecule has 0 bridgehead atoms. The van der Waals surface area contributed by atoms with Crippen molar-refractivity contribution in [2.75, 3.05) is 7.11 Å². The number of benzene rings is 2. The van der Waals surface area contributed by atoms with E-state index in [0.717, 1.165) is 22.2 Å². The smallest absolute Gasteiger partial charge is 0.240 e. The number of para-hydroxylation sites is 1. The summed E-state index contributed by atoms with van der Waals surface area (Å²) in [5, 5.41) is 7.32. The van der Waals surface area contributed by atoms with E-state index in [4.69, 9.17) is 16.3 Å². The summed E-state index contributed by atoms with van der Waals surface area (Å²) in [7, 11) is 1.60. The van der Waals surface area contributed by atoms with Gasteiger partial charge in [0.1, 0.15) is 16.4 Å². The number of pyridine rings is 1. The van der Waals surface area contributed by atoms with Crippen molar-refractivity contribution in [2.45, 2.75) is 19.4 Å². The predicted molar refractivity (Wildman–Crippen MR) is 106 cm³/mol. The van der Waals surface area contributed by atoms with Crippen molar-refractivity contribution >= 4 is 34.1 Å². The molecule has 1 aromatic heterocycles. The zero-order valence-electron chi connectivity index (χ0n) is 15.0. The third kappa shape index (κ3) is 3.15. The topological polar surface area (TPSA) is 54.8 Å². The van der Waals surface area contributed by atoms with Crippen molar-refractivity contribution in [1.82, 2.24) is 9.99 Å². The third-order valence-electron chi connectivity index (χ3n) is 4.71. The Balaban J connectivity index is 1.78. The summed E-state index contributed by atoms with van der Waals surface area (Å²) in [6.07, 6.45) is 0.584. The number of hydrogen-bond acceptors (Lipinski definition) is 4. The van der Waals surface area contributed by atoms with Gasteiger partial charge in [-0.1, -0.05) is 54.1 Å². The number of halogens is 1. The fourth-order valence-corrected chi connectivity index (χ4v) is 3.68. The Morgan fingerprint density at radius 2 is 1.96 bits per heavy atom. The van der Waals surface area contributed by atoms with Gasteiger partial charge in [-0.2, -0.15) is 5.10 Å². The second-order valence-electron chi connectivity index (χ2n) is 6.40. The van der Waals surface area contributed by atoms with Gasteiger partial charge in [0.05, 0.1) is 18.9 Å². The van der Waals surface area contributed by atoms with Crippen LogP contribution in [0.4, 0.5) is 0 Å². The van der Waals surface area contributed by atoms with Crippen LogP contribution in [0.15, 0.2) is 59.7 Å². The number of carbonyl (C=O) groups is 1. The largest absolute Gasteiger partial charge is 0.494 e. The summed E-state index contributed by atoms with van der Waals surface area (Å²) in [5.41, 5.74) is 3.34. The number of aromatic nitrogens is 1. The van der Waals surface area contributed by atoms with Crippen LogP contribution in [0.1, 0.15) is 30.5 Å². The zero-order chi connectivity index (χ0) is 19.0. The Labute approximate surface area is 162 Å². The van der Waals surface area contributed by atoms with Crippen LogP contribution in [-0.2, 0) is 4.79 Å².